The van der Waals surface area contributed by atoms with Gasteiger partial charge in [-0.15, -0.1) is 12.4 Å². The van der Waals surface area contributed by atoms with Crippen LogP contribution in [0.3, 0.4) is 0 Å². The molecular formula is C12H11Cl2F2N3O. The highest BCUT2D eigenvalue weighted by molar-refractivity contribution is 6.33. The minimum atomic E-state index is -2.73. The summed E-state index contributed by atoms with van der Waals surface area (Å²) in [5.41, 5.74) is 0.615. The number of hydrogen-bond donors (Lipinski definition) is 1. The molecule has 4 nitrogen and oxygen atoms in total. The third-order valence-corrected chi connectivity index (χ3v) is 3.29. The quantitative estimate of drug-likeness (QED) is 0.920. The van der Waals surface area contributed by atoms with E-state index in [-0.39, 0.29) is 31.3 Å². The van der Waals surface area contributed by atoms with Gasteiger partial charge in [-0.05, 0) is 12.1 Å². The lowest BCUT2D eigenvalue weighted by molar-refractivity contribution is 0.0200. The molecule has 0 aliphatic carbocycles. The van der Waals surface area contributed by atoms with E-state index < -0.39 is 12.0 Å². The van der Waals surface area contributed by atoms with Gasteiger partial charge in [0, 0.05) is 12.0 Å². The zero-order valence-electron chi connectivity index (χ0n) is 10.1. The van der Waals surface area contributed by atoms with Gasteiger partial charge in [-0.25, -0.2) is 8.78 Å². The zero-order chi connectivity index (χ0) is 13.5. The fourth-order valence-corrected chi connectivity index (χ4v) is 2.24. The van der Waals surface area contributed by atoms with Crippen molar-refractivity contribution in [3.8, 4) is 11.4 Å². The van der Waals surface area contributed by atoms with Crippen molar-refractivity contribution in [1.29, 1.82) is 0 Å². The summed E-state index contributed by atoms with van der Waals surface area (Å²) in [5.74, 6) is -2.27. The Labute approximate surface area is 124 Å². The third-order valence-electron chi connectivity index (χ3n) is 2.96. The molecule has 1 aliphatic heterocycles. The zero-order valence-corrected chi connectivity index (χ0v) is 11.7. The first-order valence-electron chi connectivity index (χ1n) is 5.75. The van der Waals surface area contributed by atoms with Gasteiger partial charge in [-0.2, -0.15) is 4.98 Å². The van der Waals surface area contributed by atoms with Gasteiger partial charge in [-0.3, -0.25) is 5.32 Å². The molecule has 1 aromatic heterocycles. The van der Waals surface area contributed by atoms with E-state index in [0.717, 1.165) is 0 Å². The Bertz CT molecular complexity index is 606. The van der Waals surface area contributed by atoms with E-state index in [1.54, 1.807) is 24.3 Å². The van der Waals surface area contributed by atoms with Crippen molar-refractivity contribution < 1.29 is 13.3 Å². The van der Waals surface area contributed by atoms with Crippen LogP contribution in [0, 0.1) is 0 Å². The highest BCUT2D eigenvalue weighted by Gasteiger charge is 2.42. The van der Waals surface area contributed by atoms with E-state index in [0.29, 0.717) is 16.4 Å². The number of aromatic nitrogens is 2. The van der Waals surface area contributed by atoms with Crippen LogP contribution < -0.4 is 5.32 Å². The molecular weight excluding hydrogens is 311 g/mol. The summed E-state index contributed by atoms with van der Waals surface area (Å²) < 4.78 is 31.2. The maximum atomic E-state index is 13.1. The van der Waals surface area contributed by atoms with Gasteiger partial charge in [0.05, 0.1) is 17.6 Å². The number of hydrogen-bond acceptors (Lipinski definition) is 4. The van der Waals surface area contributed by atoms with Crippen LogP contribution >= 0.6 is 24.0 Å². The maximum Gasteiger partial charge on any atom is 0.262 e. The number of nitrogens with zero attached hydrogens (tertiary/aromatic N) is 2. The van der Waals surface area contributed by atoms with Crippen molar-refractivity contribution in [2.75, 3.05) is 6.54 Å². The predicted octanol–water partition coefficient (Wildman–Crippen LogP) is 3.48. The Balaban J connectivity index is 0.00000147. The first-order chi connectivity index (χ1) is 9.05. The Morgan fingerprint density at radius 1 is 1.35 bits per heavy atom. The molecule has 1 saturated heterocycles. The lowest BCUT2D eigenvalue weighted by Gasteiger charge is -2.04. The van der Waals surface area contributed by atoms with E-state index in [2.05, 4.69) is 15.5 Å². The Hall–Kier alpha value is -1.24. The minimum Gasteiger partial charge on any atom is -0.337 e. The average molecular weight is 322 g/mol. The summed E-state index contributed by atoms with van der Waals surface area (Å²) >= 11 is 6.02. The van der Waals surface area contributed by atoms with Crippen molar-refractivity contribution >= 4 is 24.0 Å². The lowest BCUT2D eigenvalue weighted by atomic mass is 10.2. The van der Waals surface area contributed by atoms with E-state index in [1.807, 2.05) is 0 Å². The summed E-state index contributed by atoms with van der Waals surface area (Å²) in [4.78, 5) is 4.13. The molecule has 20 heavy (non-hydrogen) atoms. The van der Waals surface area contributed by atoms with E-state index in [4.69, 9.17) is 16.1 Å². The number of rotatable bonds is 2. The smallest absolute Gasteiger partial charge is 0.262 e. The monoisotopic (exact) mass is 321 g/mol. The summed E-state index contributed by atoms with van der Waals surface area (Å²) in [7, 11) is 0. The fourth-order valence-electron chi connectivity index (χ4n) is 2.02. The molecule has 1 aliphatic rings. The molecule has 0 saturated carbocycles. The first kappa shape index (κ1) is 15.2. The van der Waals surface area contributed by atoms with Gasteiger partial charge >= 0.3 is 0 Å². The first-order valence-corrected chi connectivity index (χ1v) is 6.13. The van der Waals surface area contributed by atoms with E-state index >= 15 is 0 Å². The van der Waals surface area contributed by atoms with Crippen molar-refractivity contribution in [1.82, 2.24) is 15.5 Å². The van der Waals surface area contributed by atoms with Crippen LogP contribution in [0.25, 0.3) is 11.4 Å². The standard InChI is InChI=1S/C12H10ClF2N3O.ClH/c13-8-4-2-1-3-7(8)10-17-11(19-18-10)9-5-12(14,15)6-16-9;/h1-4,9,16H,5-6H2;1H. The molecule has 1 unspecified atom stereocenters. The van der Waals surface area contributed by atoms with Gasteiger partial charge < -0.3 is 4.52 Å². The summed E-state index contributed by atoms with van der Waals surface area (Å²) in [6.07, 6.45) is -0.336. The second-order valence-electron chi connectivity index (χ2n) is 4.43. The van der Waals surface area contributed by atoms with Crippen LogP contribution in [0.2, 0.25) is 5.02 Å². The lowest BCUT2D eigenvalue weighted by Crippen LogP contribution is -2.19. The fraction of sp³-hybridized carbons (Fsp3) is 0.333. The largest absolute Gasteiger partial charge is 0.337 e. The second-order valence-corrected chi connectivity index (χ2v) is 4.84. The number of halogens is 4. The van der Waals surface area contributed by atoms with Gasteiger partial charge in [0.15, 0.2) is 0 Å². The summed E-state index contributed by atoms with van der Waals surface area (Å²) in [6.45, 7) is -0.374. The molecule has 3 rings (SSSR count). The van der Waals surface area contributed by atoms with Crippen LogP contribution in [0.5, 0.6) is 0 Å². The SMILES string of the molecule is Cl.FC1(F)CNC(c2nc(-c3ccccc3Cl)no2)C1. The van der Waals surface area contributed by atoms with E-state index in [9.17, 15) is 8.78 Å². The molecule has 108 valence electrons. The Morgan fingerprint density at radius 3 is 2.75 bits per heavy atom. The van der Waals surface area contributed by atoms with Crippen LogP contribution in [0.4, 0.5) is 8.78 Å². The van der Waals surface area contributed by atoms with Gasteiger partial charge in [-0.1, -0.05) is 28.9 Å². The molecule has 1 N–H and O–H groups in total. The van der Waals surface area contributed by atoms with Crippen molar-refractivity contribution in [2.45, 2.75) is 18.4 Å². The second kappa shape index (κ2) is 5.63. The van der Waals surface area contributed by atoms with Crippen molar-refractivity contribution in [2.24, 2.45) is 0 Å². The van der Waals surface area contributed by atoms with E-state index in [1.165, 1.54) is 0 Å². The molecule has 2 heterocycles. The molecule has 0 spiro atoms. The Morgan fingerprint density at radius 2 is 2.10 bits per heavy atom. The molecule has 0 bridgehead atoms. The molecule has 0 radical (unpaired) electrons. The number of alkyl halides is 2. The van der Waals surface area contributed by atoms with Gasteiger partial charge in [0.1, 0.15) is 0 Å². The highest BCUT2D eigenvalue weighted by atomic mass is 35.5. The molecule has 2 aromatic rings. The number of nitrogens with one attached hydrogen (secondary N) is 1. The van der Waals surface area contributed by atoms with Gasteiger partial charge in [0.2, 0.25) is 11.7 Å². The summed E-state index contributed by atoms with van der Waals surface area (Å²) in [6, 6.07) is 6.41. The van der Waals surface area contributed by atoms with Crippen LogP contribution in [0.15, 0.2) is 28.8 Å². The average Bonchev–Trinajstić information content (AvgIpc) is 2.96. The van der Waals surface area contributed by atoms with Crippen LogP contribution in [0.1, 0.15) is 18.4 Å². The minimum absolute atomic E-state index is 0. The molecule has 8 heteroatoms. The van der Waals surface area contributed by atoms with Crippen molar-refractivity contribution in [3.05, 3.63) is 35.2 Å². The topological polar surface area (TPSA) is 51.0 Å². The Kier molecular flexibility index (Phi) is 4.27. The molecule has 1 fully saturated rings. The summed E-state index contributed by atoms with van der Waals surface area (Å²) in [5, 5.41) is 6.93. The normalized spacial score (nSPS) is 20.6. The van der Waals surface area contributed by atoms with Crippen molar-refractivity contribution in [3.63, 3.8) is 0 Å². The van der Waals surface area contributed by atoms with Crippen LogP contribution in [-0.4, -0.2) is 22.6 Å². The number of benzene rings is 1. The molecule has 0 amide bonds. The molecule has 1 atom stereocenters. The third kappa shape index (κ3) is 2.92. The highest BCUT2D eigenvalue weighted by Crippen LogP contribution is 2.34. The van der Waals surface area contributed by atoms with Gasteiger partial charge in [0.25, 0.3) is 5.92 Å². The molecule has 1 aromatic carbocycles. The maximum absolute atomic E-state index is 13.1. The van der Waals surface area contributed by atoms with Crippen LogP contribution in [-0.2, 0) is 0 Å². The predicted molar refractivity (Wildman–Crippen MR) is 72.3 cm³/mol.